The van der Waals surface area contributed by atoms with Gasteiger partial charge in [-0.05, 0) is 19.3 Å². The van der Waals surface area contributed by atoms with Crippen LogP contribution in [0.25, 0.3) is 0 Å². The fourth-order valence-electron chi connectivity index (χ4n) is 1.15. The minimum atomic E-state index is 0.445. The molecule has 0 aliphatic carbocycles. The highest BCUT2D eigenvalue weighted by atomic mass is 15.1. The molecule has 0 bridgehead atoms. The molecule has 1 unspecified atom stereocenters. The number of rotatable bonds is 4. The van der Waals surface area contributed by atoms with E-state index < -0.39 is 0 Å². The number of nitrogens with one attached hydrogen (secondary N) is 1. The lowest BCUT2D eigenvalue weighted by molar-refractivity contribution is 0.440. The van der Waals surface area contributed by atoms with E-state index in [0.29, 0.717) is 17.9 Å². The number of aliphatic imine (C=N–C) groups is 1. The van der Waals surface area contributed by atoms with Gasteiger partial charge >= 0.3 is 0 Å². The minimum absolute atomic E-state index is 0.445. The Bertz CT molecular complexity index is 141. The lowest BCUT2D eigenvalue weighted by Gasteiger charge is -2.20. The molecule has 3 heteroatoms. The van der Waals surface area contributed by atoms with E-state index in [9.17, 15) is 0 Å². The van der Waals surface area contributed by atoms with Crippen LogP contribution >= 0.6 is 0 Å². The molecule has 0 aromatic heterocycles. The maximum atomic E-state index is 5.64. The van der Waals surface area contributed by atoms with Gasteiger partial charge in [0.05, 0.1) is 0 Å². The Labute approximate surface area is 75.4 Å². The zero-order valence-corrected chi connectivity index (χ0v) is 8.59. The van der Waals surface area contributed by atoms with Gasteiger partial charge < -0.3 is 11.1 Å². The summed E-state index contributed by atoms with van der Waals surface area (Å²) in [6.07, 6.45) is 1.08. The summed E-state index contributed by atoms with van der Waals surface area (Å²) in [6.45, 7) is 9.23. The van der Waals surface area contributed by atoms with Crippen molar-refractivity contribution in [1.82, 2.24) is 5.32 Å². The normalized spacial score (nSPS) is 14.9. The highest BCUT2D eigenvalue weighted by Gasteiger charge is 2.10. The molecular formula is C9H21N3. The van der Waals surface area contributed by atoms with E-state index in [0.717, 1.165) is 13.0 Å². The van der Waals surface area contributed by atoms with Crippen LogP contribution in [0.15, 0.2) is 4.99 Å². The zero-order chi connectivity index (χ0) is 9.56. The number of guanidine groups is 1. The van der Waals surface area contributed by atoms with Crippen LogP contribution in [0, 0.1) is 5.92 Å². The van der Waals surface area contributed by atoms with Crippen LogP contribution in [0.3, 0.4) is 0 Å². The van der Waals surface area contributed by atoms with Gasteiger partial charge in [-0.3, -0.25) is 4.99 Å². The lowest BCUT2D eigenvalue weighted by atomic mass is 10.0. The van der Waals surface area contributed by atoms with Crippen LogP contribution in [-0.4, -0.2) is 18.5 Å². The van der Waals surface area contributed by atoms with Crippen molar-refractivity contribution < 1.29 is 0 Å². The molecule has 0 spiro atoms. The van der Waals surface area contributed by atoms with Crippen LogP contribution in [0.2, 0.25) is 0 Å². The van der Waals surface area contributed by atoms with E-state index in [1.807, 2.05) is 6.92 Å². The second-order valence-corrected chi connectivity index (χ2v) is 3.26. The van der Waals surface area contributed by atoms with Crippen molar-refractivity contribution in [2.75, 3.05) is 6.54 Å². The van der Waals surface area contributed by atoms with Crippen LogP contribution in [-0.2, 0) is 0 Å². The molecule has 1 atom stereocenters. The molecule has 0 aromatic carbocycles. The Kier molecular flexibility index (Phi) is 5.51. The molecule has 0 saturated heterocycles. The third-order valence-corrected chi connectivity index (χ3v) is 1.91. The van der Waals surface area contributed by atoms with Gasteiger partial charge in [0, 0.05) is 12.6 Å². The summed E-state index contributed by atoms with van der Waals surface area (Å²) in [4.78, 5) is 4.08. The van der Waals surface area contributed by atoms with Crippen LogP contribution in [0.5, 0.6) is 0 Å². The second-order valence-electron chi connectivity index (χ2n) is 3.26. The zero-order valence-electron chi connectivity index (χ0n) is 8.59. The van der Waals surface area contributed by atoms with Crippen LogP contribution < -0.4 is 11.1 Å². The minimum Gasteiger partial charge on any atom is -0.370 e. The Morgan fingerprint density at radius 2 is 2.00 bits per heavy atom. The second kappa shape index (κ2) is 5.86. The van der Waals surface area contributed by atoms with Crippen LogP contribution in [0.1, 0.15) is 34.1 Å². The number of nitrogens with two attached hydrogens (primary N) is 1. The summed E-state index contributed by atoms with van der Waals surface area (Å²) in [5.74, 6) is 1.17. The molecule has 0 radical (unpaired) electrons. The number of nitrogens with zero attached hydrogens (tertiary/aromatic N) is 1. The first-order valence-electron chi connectivity index (χ1n) is 4.68. The average molecular weight is 171 g/mol. The fourth-order valence-corrected chi connectivity index (χ4v) is 1.15. The first-order chi connectivity index (χ1) is 5.61. The van der Waals surface area contributed by atoms with Crippen molar-refractivity contribution in [3.05, 3.63) is 0 Å². The predicted molar refractivity (Wildman–Crippen MR) is 54.2 cm³/mol. The van der Waals surface area contributed by atoms with Gasteiger partial charge in [0.2, 0.25) is 0 Å². The maximum absolute atomic E-state index is 5.64. The number of hydrogen-bond donors (Lipinski definition) is 2. The van der Waals surface area contributed by atoms with Gasteiger partial charge in [-0.2, -0.15) is 0 Å². The highest BCUT2D eigenvalue weighted by molar-refractivity contribution is 5.78. The van der Waals surface area contributed by atoms with E-state index in [1.54, 1.807) is 0 Å². The first kappa shape index (κ1) is 11.3. The first-order valence-corrected chi connectivity index (χ1v) is 4.68. The third kappa shape index (κ3) is 4.21. The highest BCUT2D eigenvalue weighted by Crippen LogP contribution is 2.04. The van der Waals surface area contributed by atoms with Crippen molar-refractivity contribution in [2.24, 2.45) is 16.6 Å². The maximum Gasteiger partial charge on any atom is 0.188 e. The summed E-state index contributed by atoms with van der Waals surface area (Å²) in [6, 6.07) is 0.445. The largest absolute Gasteiger partial charge is 0.370 e. The van der Waals surface area contributed by atoms with Crippen molar-refractivity contribution >= 4 is 5.96 Å². The molecule has 3 N–H and O–H groups in total. The van der Waals surface area contributed by atoms with Gasteiger partial charge in [0.1, 0.15) is 0 Å². The van der Waals surface area contributed by atoms with Gasteiger partial charge in [0.15, 0.2) is 5.96 Å². The molecule has 0 aromatic rings. The topological polar surface area (TPSA) is 50.4 Å². The quantitative estimate of drug-likeness (QED) is 0.495. The molecular weight excluding hydrogens is 150 g/mol. The van der Waals surface area contributed by atoms with Crippen molar-refractivity contribution in [3.63, 3.8) is 0 Å². The van der Waals surface area contributed by atoms with E-state index in [4.69, 9.17) is 5.73 Å². The standard InChI is InChI=1S/C9H21N3/c1-5-8(7(3)4)12-9(10)11-6-2/h7-8H,5-6H2,1-4H3,(H3,10,11,12). The molecule has 0 rings (SSSR count). The average Bonchev–Trinajstić information content (AvgIpc) is 2.00. The van der Waals surface area contributed by atoms with Gasteiger partial charge in [-0.1, -0.05) is 20.8 Å². The molecule has 0 fully saturated rings. The smallest absolute Gasteiger partial charge is 0.188 e. The van der Waals surface area contributed by atoms with E-state index >= 15 is 0 Å². The Balaban J connectivity index is 3.93. The molecule has 0 amide bonds. The molecule has 3 nitrogen and oxygen atoms in total. The van der Waals surface area contributed by atoms with Crippen molar-refractivity contribution in [3.8, 4) is 0 Å². The summed E-state index contributed by atoms with van der Waals surface area (Å²) in [7, 11) is 0. The van der Waals surface area contributed by atoms with Crippen molar-refractivity contribution in [1.29, 1.82) is 0 Å². The van der Waals surface area contributed by atoms with Gasteiger partial charge in [-0.25, -0.2) is 0 Å². The molecule has 72 valence electrons. The monoisotopic (exact) mass is 171 g/mol. The summed E-state index contributed by atoms with van der Waals surface area (Å²) < 4.78 is 0. The van der Waals surface area contributed by atoms with E-state index in [-0.39, 0.29) is 0 Å². The summed E-state index contributed by atoms with van der Waals surface area (Å²) in [5.41, 5.74) is 5.64. The summed E-state index contributed by atoms with van der Waals surface area (Å²) in [5, 5.41) is 3.19. The molecule has 0 heterocycles. The van der Waals surface area contributed by atoms with Gasteiger partial charge in [-0.15, -0.1) is 0 Å². The third-order valence-electron chi connectivity index (χ3n) is 1.91. The molecule has 12 heavy (non-hydrogen) atoms. The fraction of sp³-hybridized carbons (Fsp3) is 0.889. The van der Waals surface area contributed by atoms with Crippen LogP contribution in [0.4, 0.5) is 0 Å². The Morgan fingerprint density at radius 1 is 1.42 bits per heavy atom. The SMILES string of the molecule is CCN=C(N)NC(CC)C(C)C. The lowest BCUT2D eigenvalue weighted by Crippen LogP contribution is -2.42. The predicted octanol–water partition coefficient (Wildman–Crippen LogP) is 1.35. The number of hydrogen-bond acceptors (Lipinski definition) is 1. The Hall–Kier alpha value is -0.730. The van der Waals surface area contributed by atoms with E-state index in [2.05, 4.69) is 31.1 Å². The van der Waals surface area contributed by atoms with Gasteiger partial charge in [0.25, 0.3) is 0 Å². The Morgan fingerprint density at radius 3 is 2.33 bits per heavy atom. The van der Waals surface area contributed by atoms with E-state index in [1.165, 1.54) is 0 Å². The molecule has 0 aliphatic rings. The molecule has 0 saturated carbocycles. The molecule has 0 aliphatic heterocycles. The summed E-state index contributed by atoms with van der Waals surface area (Å²) >= 11 is 0. The van der Waals surface area contributed by atoms with Crippen molar-refractivity contribution in [2.45, 2.75) is 40.2 Å².